The standard InChI is InChI=1S/C17H14N4O2/c18-15(22)13-3-1-2-4-14(13)21-17(23)12-7-5-11(6-8-12)16-19-9-10-20-16/h1-10H,(H2,18,22)(H,19,20)(H,21,23). The summed E-state index contributed by atoms with van der Waals surface area (Å²) >= 11 is 0. The van der Waals surface area contributed by atoms with Crippen LogP contribution in [0.3, 0.4) is 0 Å². The maximum atomic E-state index is 12.3. The number of para-hydroxylation sites is 1. The fourth-order valence-corrected chi connectivity index (χ4v) is 2.20. The summed E-state index contributed by atoms with van der Waals surface area (Å²) in [6.07, 6.45) is 3.40. The van der Waals surface area contributed by atoms with Crippen LogP contribution in [-0.4, -0.2) is 21.8 Å². The van der Waals surface area contributed by atoms with Crippen molar-refractivity contribution in [3.63, 3.8) is 0 Å². The molecule has 0 radical (unpaired) electrons. The number of H-pyrrole nitrogens is 1. The smallest absolute Gasteiger partial charge is 0.255 e. The molecule has 23 heavy (non-hydrogen) atoms. The summed E-state index contributed by atoms with van der Waals surface area (Å²) < 4.78 is 0. The highest BCUT2D eigenvalue weighted by Gasteiger charge is 2.12. The Morgan fingerprint density at radius 3 is 2.43 bits per heavy atom. The molecule has 0 aliphatic carbocycles. The molecule has 0 saturated heterocycles. The number of benzene rings is 2. The van der Waals surface area contributed by atoms with Crippen LogP contribution in [0.1, 0.15) is 20.7 Å². The second-order valence-electron chi connectivity index (χ2n) is 4.88. The fraction of sp³-hybridized carbons (Fsp3) is 0. The summed E-state index contributed by atoms with van der Waals surface area (Å²) in [5.74, 6) is -0.171. The van der Waals surface area contributed by atoms with Gasteiger partial charge in [-0.2, -0.15) is 0 Å². The van der Waals surface area contributed by atoms with E-state index < -0.39 is 5.91 Å². The molecule has 0 spiro atoms. The number of aromatic amines is 1. The maximum Gasteiger partial charge on any atom is 0.255 e. The molecule has 4 N–H and O–H groups in total. The number of anilines is 1. The molecule has 6 heteroatoms. The fourth-order valence-electron chi connectivity index (χ4n) is 2.20. The van der Waals surface area contributed by atoms with Crippen molar-refractivity contribution in [3.8, 4) is 11.4 Å². The molecule has 0 unspecified atom stereocenters. The zero-order valence-electron chi connectivity index (χ0n) is 12.1. The summed E-state index contributed by atoms with van der Waals surface area (Å²) in [4.78, 5) is 30.8. The predicted octanol–water partition coefficient (Wildman–Crippen LogP) is 2.43. The van der Waals surface area contributed by atoms with Crippen molar-refractivity contribution in [1.29, 1.82) is 0 Å². The highest BCUT2D eigenvalue weighted by atomic mass is 16.2. The summed E-state index contributed by atoms with van der Waals surface area (Å²) in [5.41, 5.74) is 7.31. The zero-order chi connectivity index (χ0) is 16.2. The summed E-state index contributed by atoms with van der Waals surface area (Å²) in [6.45, 7) is 0. The molecular weight excluding hydrogens is 292 g/mol. The van der Waals surface area contributed by atoms with E-state index in [1.54, 1.807) is 60.9 Å². The normalized spacial score (nSPS) is 10.3. The third-order valence-electron chi connectivity index (χ3n) is 3.36. The number of imidazole rings is 1. The van der Waals surface area contributed by atoms with Gasteiger partial charge in [0.05, 0.1) is 11.3 Å². The lowest BCUT2D eigenvalue weighted by atomic mass is 10.1. The van der Waals surface area contributed by atoms with E-state index in [4.69, 9.17) is 5.73 Å². The van der Waals surface area contributed by atoms with Crippen LogP contribution in [0.5, 0.6) is 0 Å². The van der Waals surface area contributed by atoms with Gasteiger partial charge in [-0.25, -0.2) is 4.98 Å². The van der Waals surface area contributed by atoms with E-state index in [0.717, 1.165) is 11.4 Å². The first-order chi connectivity index (χ1) is 11.1. The number of primary amides is 1. The Bertz CT molecular complexity index is 839. The third kappa shape index (κ3) is 3.11. The predicted molar refractivity (Wildman–Crippen MR) is 86.9 cm³/mol. The monoisotopic (exact) mass is 306 g/mol. The van der Waals surface area contributed by atoms with Gasteiger partial charge in [0.2, 0.25) is 0 Å². The first-order valence-electron chi connectivity index (χ1n) is 6.95. The van der Waals surface area contributed by atoms with Gasteiger partial charge in [-0.3, -0.25) is 9.59 Å². The Morgan fingerprint density at radius 2 is 1.78 bits per heavy atom. The molecule has 1 heterocycles. The van der Waals surface area contributed by atoms with Gasteiger partial charge in [-0.1, -0.05) is 24.3 Å². The minimum Gasteiger partial charge on any atom is -0.366 e. The molecule has 1 aromatic heterocycles. The van der Waals surface area contributed by atoms with Crippen LogP contribution in [0.4, 0.5) is 5.69 Å². The van der Waals surface area contributed by atoms with Crippen molar-refractivity contribution < 1.29 is 9.59 Å². The molecule has 0 atom stereocenters. The van der Waals surface area contributed by atoms with E-state index in [0.29, 0.717) is 11.3 Å². The number of hydrogen-bond donors (Lipinski definition) is 3. The number of rotatable bonds is 4. The highest BCUT2D eigenvalue weighted by molar-refractivity contribution is 6.08. The van der Waals surface area contributed by atoms with Gasteiger partial charge in [0.1, 0.15) is 5.82 Å². The van der Waals surface area contributed by atoms with Gasteiger partial charge in [0.15, 0.2) is 0 Å². The van der Waals surface area contributed by atoms with Crippen LogP contribution < -0.4 is 11.1 Å². The van der Waals surface area contributed by atoms with E-state index in [2.05, 4.69) is 15.3 Å². The number of nitrogens with two attached hydrogens (primary N) is 1. The van der Waals surface area contributed by atoms with Crippen LogP contribution in [0.2, 0.25) is 0 Å². The van der Waals surface area contributed by atoms with Gasteiger partial charge < -0.3 is 16.0 Å². The largest absolute Gasteiger partial charge is 0.366 e. The van der Waals surface area contributed by atoms with E-state index in [-0.39, 0.29) is 11.5 Å². The van der Waals surface area contributed by atoms with Crippen molar-refractivity contribution in [1.82, 2.24) is 9.97 Å². The number of amides is 2. The lowest BCUT2D eigenvalue weighted by molar-refractivity contribution is 0.100. The third-order valence-corrected chi connectivity index (χ3v) is 3.36. The number of nitrogens with zero attached hydrogens (tertiary/aromatic N) is 1. The van der Waals surface area contributed by atoms with Gasteiger partial charge >= 0.3 is 0 Å². The minimum absolute atomic E-state index is 0.271. The van der Waals surface area contributed by atoms with Crippen LogP contribution in [0, 0.1) is 0 Å². The average Bonchev–Trinajstić information content (AvgIpc) is 3.10. The second-order valence-corrected chi connectivity index (χ2v) is 4.88. The van der Waals surface area contributed by atoms with E-state index in [1.807, 2.05) is 0 Å². The number of aromatic nitrogens is 2. The lowest BCUT2D eigenvalue weighted by Crippen LogP contribution is -2.18. The number of hydrogen-bond acceptors (Lipinski definition) is 3. The number of carbonyl (C=O) groups is 2. The molecule has 2 aromatic carbocycles. The molecule has 3 rings (SSSR count). The Kier molecular flexibility index (Phi) is 3.88. The van der Waals surface area contributed by atoms with Gasteiger partial charge in [-0.05, 0) is 24.3 Å². The highest BCUT2D eigenvalue weighted by Crippen LogP contribution is 2.18. The van der Waals surface area contributed by atoms with E-state index in [9.17, 15) is 9.59 Å². The van der Waals surface area contributed by atoms with Gasteiger partial charge in [-0.15, -0.1) is 0 Å². The molecule has 114 valence electrons. The minimum atomic E-state index is -0.589. The SMILES string of the molecule is NC(=O)c1ccccc1NC(=O)c1ccc(-c2ncc[nH]2)cc1. The second kappa shape index (κ2) is 6.15. The van der Waals surface area contributed by atoms with Gasteiger partial charge in [0, 0.05) is 23.5 Å². The topological polar surface area (TPSA) is 101 Å². The number of carbonyl (C=O) groups excluding carboxylic acids is 2. The Hall–Kier alpha value is -3.41. The first-order valence-corrected chi connectivity index (χ1v) is 6.95. The molecule has 2 amide bonds. The Balaban J connectivity index is 1.80. The quantitative estimate of drug-likeness (QED) is 0.690. The van der Waals surface area contributed by atoms with Crippen molar-refractivity contribution >= 4 is 17.5 Å². The van der Waals surface area contributed by atoms with Crippen molar-refractivity contribution in [2.45, 2.75) is 0 Å². The molecule has 6 nitrogen and oxygen atoms in total. The van der Waals surface area contributed by atoms with E-state index >= 15 is 0 Å². The lowest BCUT2D eigenvalue weighted by Gasteiger charge is -2.09. The Labute approximate surface area is 132 Å². The summed E-state index contributed by atoms with van der Waals surface area (Å²) in [6, 6.07) is 13.6. The summed E-state index contributed by atoms with van der Waals surface area (Å²) in [7, 11) is 0. The maximum absolute atomic E-state index is 12.3. The molecule has 0 fully saturated rings. The molecule has 0 aliphatic heterocycles. The average molecular weight is 306 g/mol. The molecular formula is C17H14N4O2. The number of nitrogens with one attached hydrogen (secondary N) is 2. The zero-order valence-corrected chi connectivity index (χ0v) is 12.1. The van der Waals surface area contributed by atoms with Crippen LogP contribution in [0.25, 0.3) is 11.4 Å². The molecule has 0 bridgehead atoms. The van der Waals surface area contributed by atoms with Crippen LogP contribution in [-0.2, 0) is 0 Å². The van der Waals surface area contributed by atoms with Crippen LogP contribution >= 0.6 is 0 Å². The summed E-state index contributed by atoms with van der Waals surface area (Å²) in [5, 5.41) is 2.70. The molecule has 3 aromatic rings. The van der Waals surface area contributed by atoms with Gasteiger partial charge in [0.25, 0.3) is 11.8 Å². The van der Waals surface area contributed by atoms with E-state index in [1.165, 1.54) is 0 Å². The van der Waals surface area contributed by atoms with Crippen LogP contribution in [0.15, 0.2) is 60.9 Å². The molecule has 0 aliphatic rings. The Morgan fingerprint density at radius 1 is 1.04 bits per heavy atom. The van der Waals surface area contributed by atoms with Crippen molar-refractivity contribution in [3.05, 3.63) is 72.1 Å². The first kappa shape index (κ1) is 14.5. The molecule has 0 saturated carbocycles. The van der Waals surface area contributed by atoms with Crippen molar-refractivity contribution in [2.24, 2.45) is 5.73 Å². The van der Waals surface area contributed by atoms with Crippen molar-refractivity contribution in [2.75, 3.05) is 5.32 Å².